The van der Waals surface area contributed by atoms with Gasteiger partial charge in [-0.1, -0.05) is 39.5 Å². The van der Waals surface area contributed by atoms with Gasteiger partial charge in [0.1, 0.15) is 0 Å². The van der Waals surface area contributed by atoms with Crippen LogP contribution in [-0.2, 0) is 0 Å². The molecule has 1 aliphatic heterocycles. The van der Waals surface area contributed by atoms with Gasteiger partial charge in [0.25, 0.3) is 0 Å². The van der Waals surface area contributed by atoms with E-state index in [9.17, 15) is 0 Å². The van der Waals surface area contributed by atoms with Crippen molar-refractivity contribution >= 4 is 0 Å². The number of hydrogen-bond acceptors (Lipinski definition) is 2. The molecule has 2 nitrogen and oxygen atoms in total. The molecule has 1 fully saturated rings. The highest BCUT2D eigenvalue weighted by Crippen LogP contribution is 2.13. The summed E-state index contributed by atoms with van der Waals surface area (Å²) in [5.74, 6) is 0. The fourth-order valence-corrected chi connectivity index (χ4v) is 2.47. The number of unbranched alkanes of at least 4 members (excludes halogenated alkanes) is 2. The van der Waals surface area contributed by atoms with Crippen molar-refractivity contribution in [3.8, 4) is 0 Å². The van der Waals surface area contributed by atoms with Crippen LogP contribution in [0.1, 0.15) is 65.2 Å². The summed E-state index contributed by atoms with van der Waals surface area (Å²) in [6, 6.07) is 0. The zero-order valence-electron chi connectivity index (χ0n) is 11.3. The van der Waals surface area contributed by atoms with E-state index in [-0.39, 0.29) is 0 Å². The maximum Gasteiger partial charge on any atom is 0.0597 e. The number of nitrogens with one attached hydrogen (secondary N) is 1. The first-order chi connectivity index (χ1) is 7.88. The van der Waals surface area contributed by atoms with E-state index in [1.807, 2.05) is 0 Å². The van der Waals surface area contributed by atoms with Gasteiger partial charge in [0.15, 0.2) is 0 Å². The van der Waals surface area contributed by atoms with Crippen LogP contribution in [0.15, 0.2) is 0 Å². The van der Waals surface area contributed by atoms with Crippen LogP contribution < -0.4 is 5.32 Å². The lowest BCUT2D eigenvalue weighted by Crippen LogP contribution is -2.46. The van der Waals surface area contributed by atoms with E-state index >= 15 is 0 Å². The minimum atomic E-state index is 0.667. The lowest BCUT2D eigenvalue weighted by atomic mass is 10.1. The molecule has 1 atom stereocenters. The Morgan fingerprint density at radius 3 is 2.31 bits per heavy atom. The van der Waals surface area contributed by atoms with Gasteiger partial charge in [-0.2, -0.15) is 0 Å². The summed E-state index contributed by atoms with van der Waals surface area (Å²) in [6.45, 7) is 8.37. The summed E-state index contributed by atoms with van der Waals surface area (Å²) in [4.78, 5) is 2.69. The van der Waals surface area contributed by atoms with Crippen molar-refractivity contribution in [2.75, 3.05) is 19.6 Å². The Hall–Kier alpha value is -0.0800. The molecule has 0 aromatic carbocycles. The SMILES string of the molecule is CCCCN(CCCC)C1CCCCCN1. The first kappa shape index (κ1) is 14.0. The zero-order chi connectivity index (χ0) is 11.6. The molecule has 1 rings (SSSR count). The van der Waals surface area contributed by atoms with E-state index < -0.39 is 0 Å². The number of hydrogen-bond donors (Lipinski definition) is 1. The Kier molecular flexibility index (Phi) is 7.87. The third kappa shape index (κ3) is 5.31. The summed E-state index contributed by atoms with van der Waals surface area (Å²) in [7, 11) is 0. The molecule has 0 aromatic heterocycles. The summed E-state index contributed by atoms with van der Waals surface area (Å²) in [5, 5.41) is 3.73. The molecule has 0 radical (unpaired) electrons. The Morgan fingerprint density at radius 1 is 1.00 bits per heavy atom. The van der Waals surface area contributed by atoms with Crippen molar-refractivity contribution in [2.24, 2.45) is 0 Å². The topological polar surface area (TPSA) is 15.3 Å². The molecule has 1 aliphatic rings. The van der Waals surface area contributed by atoms with Crippen LogP contribution in [0, 0.1) is 0 Å². The predicted molar refractivity (Wildman–Crippen MR) is 71.6 cm³/mol. The van der Waals surface area contributed by atoms with Crippen molar-refractivity contribution in [3.63, 3.8) is 0 Å². The molecular formula is C14H30N2. The summed E-state index contributed by atoms with van der Waals surface area (Å²) < 4.78 is 0. The minimum absolute atomic E-state index is 0.667. The Bertz CT molecular complexity index is 143. The van der Waals surface area contributed by atoms with Crippen molar-refractivity contribution in [2.45, 2.75) is 71.4 Å². The van der Waals surface area contributed by atoms with E-state index in [0.717, 1.165) is 0 Å². The van der Waals surface area contributed by atoms with Crippen molar-refractivity contribution in [1.82, 2.24) is 10.2 Å². The van der Waals surface area contributed by atoms with Crippen LogP contribution in [0.5, 0.6) is 0 Å². The van der Waals surface area contributed by atoms with Crippen molar-refractivity contribution in [1.29, 1.82) is 0 Å². The molecule has 0 aromatic rings. The Labute approximate surface area is 102 Å². The van der Waals surface area contributed by atoms with Crippen LogP contribution in [0.25, 0.3) is 0 Å². The third-order valence-corrected chi connectivity index (χ3v) is 3.57. The van der Waals surface area contributed by atoms with Gasteiger partial charge in [0.2, 0.25) is 0 Å². The van der Waals surface area contributed by atoms with Crippen LogP contribution in [0.2, 0.25) is 0 Å². The molecular weight excluding hydrogens is 196 g/mol. The quantitative estimate of drug-likeness (QED) is 0.716. The Balaban J connectivity index is 2.37. The van der Waals surface area contributed by atoms with Crippen molar-refractivity contribution < 1.29 is 0 Å². The van der Waals surface area contributed by atoms with Gasteiger partial charge in [0.05, 0.1) is 6.17 Å². The second kappa shape index (κ2) is 9.00. The number of rotatable bonds is 7. The largest absolute Gasteiger partial charge is 0.302 e. The molecule has 1 N–H and O–H groups in total. The highest BCUT2D eigenvalue weighted by atomic mass is 15.3. The second-order valence-corrected chi connectivity index (χ2v) is 5.06. The first-order valence-corrected chi connectivity index (χ1v) is 7.36. The maximum absolute atomic E-state index is 3.73. The summed E-state index contributed by atoms with van der Waals surface area (Å²) in [5.41, 5.74) is 0. The van der Waals surface area contributed by atoms with E-state index in [1.54, 1.807) is 0 Å². The molecule has 1 saturated heterocycles. The average molecular weight is 226 g/mol. The number of nitrogens with zero attached hydrogens (tertiary/aromatic N) is 1. The lowest BCUT2D eigenvalue weighted by molar-refractivity contribution is 0.155. The van der Waals surface area contributed by atoms with E-state index in [1.165, 1.54) is 71.0 Å². The van der Waals surface area contributed by atoms with E-state index in [2.05, 4.69) is 24.1 Å². The van der Waals surface area contributed by atoms with Crippen LogP contribution in [0.3, 0.4) is 0 Å². The molecule has 2 heteroatoms. The van der Waals surface area contributed by atoms with Gasteiger partial charge in [-0.15, -0.1) is 0 Å². The summed E-state index contributed by atoms with van der Waals surface area (Å²) in [6.07, 6.45) is 11.5. The normalized spacial score (nSPS) is 22.3. The predicted octanol–water partition coefficient (Wildman–Crippen LogP) is 3.38. The fourth-order valence-electron chi connectivity index (χ4n) is 2.47. The molecule has 1 unspecified atom stereocenters. The van der Waals surface area contributed by atoms with Gasteiger partial charge < -0.3 is 5.32 Å². The molecule has 0 saturated carbocycles. The monoisotopic (exact) mass is 226 g/mol. The highest BCUT2D eigenvalue weighted by molar-refractivity contribution is 4.72. The van der Waals surface area contributed by atoms with Crippen molar-refractivity contribution in [3.05, 3.63) is 0 Å². The molecule has 0 spiro atoms. The first-order valence-electron chi connectivity index (χ1n) is 7.36. The highest BCUT2D eigenvalue weighted by Gasteiger charge is 2.18. The molecule has 0 aliphatic carbocycles. The molecule has 16 heavy (non-hydrogen) atoms. The van der Waals surface area contributed by atoms with Gasteiger partial charge >= 0.3 is 0 Å². The summed E-state index contributed by atoms with van der Waals surface area (Å²) >= 11 is 0. The maximum atomic E-state index is 3.73. The van der Waals surface area contributed by atoms with E-state index in [0.29, 0.717) is 6.17 Å². The molecule has 0 bridgehead atoms. The standard InChI is InChI=1S/C14H30N2/c1-3-5-12-16(13-6-4-2)14-10-8-7-9-11-15-14/h14-15H,3-13H2,1-2H3. The zero-order valence-corrected chi connectivity index (χ0v) is 11.3. The average Bonchev–Trinajstić information content (AvgIpc) is 2.58. The molecule has 1 heterocycles. The van der Waals surface area contributed by atoms with Gasteiger partial charge in [-0.25, -0.2) is 0 Å². The van der Waals surface area contributed by atoms with Gasteiger partial charge in [-0.3, -0.25) is 4.90 Å². The van der Waals surface area contributed by atoms with Crippen LogP contribution in [-0.4, -0.2) is 30.7 Å². The lowest BCUT2D eigenvalue weighted by Gasteiger charge is -2.31. The third-order valence-electron chi connectivity index (χ3n) is 3.57. The fraction of sp³-hybridized carbons (Fsp3) is 1.00. The van der Waals surface area contributed by atoms with E-state index in [4.69, 9.17) is 0 Å². The molecule has 0 amide bonds. The Morgan fingerprint density at radius 2 is 1.69 bits per heavy atom. The van der Waals surface area contributed by atoms with Gasteiger partial charge in [-0.05, 0) is 45.3 Å². The minimum Gasteiger partial charge on any atom is -0.302 e. The van der Waals surface area contributed by atoms with Gasteiger partial charge in [0, 0.05) is 0 Å². The van der Waals surface area contributed by atoms with Crippen LogP contribution in [0.4, 0.5) is 0 Å². The molecule has 96 valence electrons. The smallest absolute Gasteiger partial charge is 0.0597 e. The second-order valence-electron chi connectivity index (χ2n) is 5.06. The van der Waals surface area contributed by atoms with Crippen LogP contribution >= 0.6 is 0 Å².